The molecule has 23 heavy (non-hydrogen) atoms. The minimum Gasteiger partial charge on any atom is -0.387 e. The summed E-state index contributed by atoms with van der Waals surface area (Å²) in [6, 6.07) is 11.4. The third kappa shape index (κ3) is 3.72. The number of benzene rings is 2. The summed E-state index contributed by atoms with van der Waals surface area (Å²) >= 11 is 1.61. The van der Waals surface area contributed by atoms with Crippen molar-refractivity contribution in [3.05, 3.63) is 64.7 Å². The highest BCUT2D eigenvalue weighted by atomic mass is 32.1. The van der Waals surface area contributed by atoms with Gasteiger partial charge in [0.05, 0.1) is 22.9 Å². The van der Waals surface area contributed by atoms with Gasteiger partial charge in [0.25, 0.3) is 0 Å². The van der Waals surface area contributed by atoms with Crippen LogP contribution in [0.15, 0.2) is 42.5 Å². The number of aliphatic hydroxyl groups excluding tert-OH is 1. The minimum absolute atomic E-state index is 0.307. The Bertz CT molecular complexity index is 788. The molecular weight excluding hydrogens is 318 g/mol. The number of aromatic nitrogens is 1. The molecule has 0 saturated carbocycles. The molecule has 3 rings (SSSR count). The van der Waals surface area contributed by atoms with E-state index in [0.29, 0.717) is 18.7 Å². The van der Waals surface area contributed by atoms with Crippen LogP contribution in [0.3, 0.4) is 0 Å². The molecule has 1 aromatic heterocycles. The Balaban J connectivity index is 1.66. The van der Waals surface area contributed by atoms with Crippen LogP contribution in [0.1, 0.15) is 16.7 Å². The minimum atomic E-state index is -0.949. The molecule has 0 radical (unpaired) electrons. The molecule has 120 valence electrons. The van der Waals surface area contributed by atoms with E-state index in [4.69, 9.17) is 0 Å². The van der Waals surface area contributed by atoms with Crippen molar-refractivity contribution in [2.45, 2.75) is 12.6 Å². The van der Waals surface area contributed by atoms with Crippen molar-refractivity contribution < 1.29 is 13.9 Å². The summed E-state index contributed by atoms with van der Waals surface area (Å²) in [6.07, 6.45) is -0.885. The molecule has 0 spiro atoms. The van der Waals surface area contributed by atoms with Gasteiger partial charge in [-0.25, -0.2) is 13.8 Å². The van der Waals surface area contributed by atoms with E-state index in [1.165, 1.54) is 6.07 Å². The van der Waals surface area contributed by atoms with Gasteiger partial charge >= 0.3 is 0 Å². The maximum atomic E-state index is 13.2. The molecule has 0 aliphatic heterocycles. The first-order chi connectivity index (χ1) is 11.0. The van der Waals surface area contributed by atoms with Crippen molar-refractivity contribution in [2.24, 2.45) is 0 Å². The average Bonchev–Trinajstić information content (AvgIpc) is 2.91. The van der Waals surface area contributed by atoms with Crippen LogP contribution < -0.4 is 0 Å². The number of para-hydroxylation sites is 1. The van der Waals surface area contributed by atoms with Gasteiger partial charge < -0.3 is 5.11 Å². The quantitative estimate of drug-likeness (QED) is 0.772. The van der Waals surface area contributed by atoms with Gasteiger partial charge in [0.2, 0.25) is 0 Å². The van der Waals surface area contributed by atoms with E-state index in [9.17, 15) is 13.9 Å². The molecule has 0 bridgehead atoms. The number of thiazole rings is 1. The Kier molecular flexibility index (Phi) is 4.66. The number of nitrogens with zero attached hydrogens (tertiary/aromatic N) is 2. The lowest BCUT2D eigenvalue weighted by Gasteiger charge is -2.19. The zero-order chi connectivity index (χ0) is 16.4. The number of aliphatic hydroxyl groups is 1. The number of likely N-dealkylation sites (N-methyl/N-ethyl adjacent to an activating group) is 1. The van der Waals surface area contributed by atoms with Gasteiger partial charge in [-0.05, 0) is 36.9 Å². The van der Waals surface area contributed by atoms with Crippen LogP contribution in [-0.2, 0) is 6.54 Å². The Morgan fingerprint density at radius 2 is 1.96 bits per heavy atom. The predicted molar refractivity (Wildman–Crippen MR) is 87.3 cm³/mol. The standard InChI is InChI=1S/C17H16F2N2OS/c1-21(9-15(22)11-6-7-12(18)13(19)8-11)10-17-20-14-4-2-3-5-16(14)23-17/h2-8,15,22H,9-10H2,1H3. The third-order valence-corrected chi connectivity index (χ3v) is 4.58. The summed E-state index contributed by atoms with van der Waals surface area (Å²) in [7, 11) is 1.86. The molecule has 0 aliphatic carbocycles. The van der Waals surface area contributed by atoms with E-state index < -0.39 is 17.7 Å². The van der Waals surface area contributed by atoms with E-state index in [1.807, 2.05) is 36.2 Å². The first kappa shape index (κ1) is 16.0. The van der Waals surface area contributed by atoms with Crippen molar-refractivity contribution in [3.8, 4) is 0 Å². The molecule has 2 aromatic carbocycles. The fourth-order valence-corrected chi connectivity index (χ4v) is 3.45. The molecule has 0 saturated heterocycles. The lowest BCUT2D eigenvalue weighted by atomic mass is 10.1. The van der Waals surface area contributed by atoms with Crippen molar-refractivity contribution in [1.29, 1.82) is 0 Å². The summed E-state index contributed by atoms with van der Waals surface area (Å²) in [5.74, 6) is -1.86. The molecule has 3 aromatic rings. The molecule has 3 nitrogen and oxygen atoms in total. The van der Waals surface area contributed by atoms with Crippen LogP contribution in [0.2, 0.25) is 0 Å². The molecule has 6 heteroatoms. The highest BCUT2D eigenvalue weighted by molar-refractivity contribution is 7.18. The van der Waals surface area contributed by atoms with Crippen LogP contribution in [0, 0.1) is 11.6 Å². The van der Waals surface area contributed by atoms with Crippen molar-refractivity contribution >= 4 is 21.6 Å². The molecule has 0 fully saturated rings. The predicted octanol–water partition coefficient (Wildman–Crippen LogP) is 3.74. The Morgan fingerprint density at radius 3 is 2.70 bits per heavy atom. The number of fused-ring (bicyclic) bond motifs is 1. The van der Waals surface area contributed by atoms with E-state index in [0.717, 1.165) is 27.4 Å². The van der Waals surface area contributed by atoms with Gasteiger partial charge in [0, 0.05) is 6.54 Å². The summed E-state index contributed by atoms with van der Waals surface area (Å²) in [4.78, 5) is 6.45. The SMILES string of the molecule is CN(Cc1nc2ccccc2s1)CC(O)c1ccc(F)c(F)c1. The molecule has 1 atom stereocenters. The largest absolute Gasteiger partial charge is 0.387 e. The lowest BCUT2D eigenvalue weighted by molar-refractivity contribution is 0.123. The molecule has 1 unspecified atom stereocenters. The molecule has 1 N–H and O–H groups in total. The molecule has 1 heterocycles. The van der Waals surface area contributed by atoms with Crippen molar-refractivity contribution in [1.82, 2.24) is 9.88 Å². The maximum absolute atomic E-state index is 13.2. The lowest BCUT2D eigenvalue weighted by Crippen LogP contribution is -2.24. The Hall–Kier alpha value is -1.89. The van der Waals surface area contributed by atoms with E-state index >= 15 is 0 Å². The van der Waals surface area contributed by atoms with Crippen molar-refractivity contribution in [2.75, 3.05) is 13.6 Å². The van der Waals surface area contributed by atoms with E-state index in [1.54, 1.807) is 11.3 Å². The third-order valence-electron chi connectivity index (χ3n) is 3.56. The van der Waals surface area contributed by atoms with Crippen molar-refractivity contribution in [3.63, 3.8) is 0 Å². The van der Waals surface area contributed by atoms with Crippen LogP contribution in [0.5, 0.6) is 0 Å². The van der Waals surface area contributed by atoms with Gasteiger partial charge in [-0.3, -0.25) is 4.90 Å². The van der Waals surface area contributed by atoms with Crippen LogP contribution in [0.4, 0.5) is 8.78 Å². The summed E-state index contributed by atoms with van der Waals surface area (Å²) in [5, 5.41) is 11.1. The fourth-order valence-electron chi connectivity index (χ4n) is 2.40. The number of rotatable bonds is 5. The number of hydrogen-bond acceptors (Lipinski definition) is 4. The number of hydrogen-bond donors (Lipinski definition) is 1. The smallest absolute Gasteiger partial charge is 0.159 e. The maximum Gasteiger partial charge on any atom is 0.159 e. The summed E-state index contributed by atoms with van der Waals surface area (Å²) < 4.78 is 27.3. The number of halogens is 2. The second-order valence-electron chi connectivity index (χ2n) is 5.46. The second-order valence-corrected chi connectivity index (χ2v) is 6.58. The fraction of sp³-hybridized carbons (Fsp3) is 0.235. The van der Waals surface area contributed by atoms with Gasteiger partial charge in [-0.15, -0.1) is 11.3 Å². The van der Waals surface area contributed by atoms with Crippen LogP contribution in [-0.4, -0.2) is 28.6 Å². The average molecular weight is 334 g/mol. The Morgan fingerprint density at radius 1 is 1.17 bits per heavy atom. The molecule has 0 aliphatic rings. The zero-order valence-corrected chi connectivity index (χ0v) is 13.4. The van der Waals surface area contributed by atoms with Crippen LogP contribution >= 0.6 is 11.3 Å². The van der Waals surface area contributed by atoms with E-state index in [2.05, 4.69) is 4.98 Å². The first-order valence-electron chi connectivity index (χ1n) is 7.19. The van der Waals surface area contributed by atoms with Gasteiger partial charge in [0.1, 0.15) is 5.01 Å². The molecule has 0 amide bonds. The first-order valence-corrected chi connectivity index (χ1v) is 8.00. The summed E-state index contributed by atoms with van der Waals surface area (Å²) in [5.41, 5.74) is 1.32. The van der Waals surface area contributed by atoms with Gasteiger partial charge in [0.15, 0.2) is 11.6 Å². The zero-order valence-electron chi connectivity index (χ0n) is 12.5. The topological polar surface area (TPSA) is 36.4 Å². The van der Waals surface area contributed by atoms with E-state index in [-0.39, 0.29) is 0 Å². The normalized spacial score (nSPS) is 12.9. The van der Waals surface area contributed by atoms with Crippen LogP contribution in [0.25, 0.3) is 10.2 Å². The monoisotopic (exact) mass is 334 g/mol. The second kappa shape index (κ2) is 6.70. The summed E-state index contributed by atoms with van der Waals surface area (Å²) in [6.45, 7) is 0.890. The Labute approximate surface area is 136 Å². The van der Waals surface area contributed by atoms with Gasteiger partial charge in [-0.1, -0.05) is 18.2 Å². The highest BCUT2D eigenvalue weighted by Crippen LogP contribution is 2.23. The highest BCUT2D eigenvalue weighted by Gasteiger charge is 2.14. The molecular formula is C17H16F2N2OS. The van der Waals surface area contributed by atoms with Gasteiger partial charge in [-0.2, -0.15) is 0 Å².